The number of hydrogen-bond donors (Lipinski definition) is 0. The molecule has 1 rings (SSSR count). The number of nitrogens with zero attached hydrogens (tertiary/aromatic N) is 2. The Morgan fingerprint density at radius 3 is 1.87 bits per heavy atom. The molecule has 4 nitrogen and oxygen atoms in total. The maximum absolute atomic E-state index is 13.6. The van der Waals surface area contributed by atoms with E-state index in [4.69, 9.17) is 11.6 Å². The van der Waals surface area contributed by atoms with E-state index in [0.717, 1.165) is 0 Å². The zero-order chi connectivity index (χ0) is 18.0. The van der Waals surface area contributed by atoms with Gasteiger partial charge in [-0.25, -0.2) is 9.00 Å². The van der Waals surface area contributed by atoms with E-state index in [2.05, 4.69) is 4.36 Å². The zero-order valence-corrected chi connectivity index (χ0v) is 16.5. The lowest BCUT2D eigenvalue weighted by molar-refractivity contribution is 0.175. The summed E-state index contributed by atoms with van der Waals surface area (Å²) < 4.78 is 17.1. The van der Waals surface area contributed by atoms with E-state index in [9.17, 15) is 9.00 Å². The van der Waals surface area contributed by atoms with Crippen molar-refractivity contribution < 1.29 is 9.00 Å². The summed E-state index contributed by atoms with van der Waals surface area (Å²) in [5, 5.41) is 0.557. The normalized spacial score (nSPS) is 14.7. The van der Waals surface area contributed by atoms with E-state index in [0.29, 0.717) is 9.92 Å². The van der Waals surface area contributed by atoms with Crippen molar-refractivity contribution in [1.29, 1.82) is 0 Å². The first-order valence-corrected chi connectivity index (χ1v) is 9.64. The number of carbonyl (C=O) groups is 1. The topological polar surface area (TPSA) is 49.7 Å². The van der Waals surface area contributed by atoms with Gasteiger partial charge in [0.15, 0.2) is 0 Å². The Kier molecular flexibility index (Phi) is 6.27. The summed E-state index contributed by atoms with van der Waals surface area (Å²) in [4.78, 5) is 14.8. The highest BCUT2D eigenvalue weighted by molar-refractivity contribution is 7.95. The lowest BCUT2D eigenvalue weighted by Gasteiger charge is -2.30. The zero-order valence-electron chi connectivity index (χ0n) is 15.0. The number of rotatable bonds is 3. The van der Waals surface area contributed by atoms with Crippen molar-refractivity contribution in [3.05, 3.63) is 29.3 Å². The van der Waals surface area contributed by atoms with E-state index in [1.165, 1.54) is 0 Å². The molecule has 0 saturated heterocycles. The molecule has 6 heteroatoms. The van der Waals surface area contributed by atoms with Gasteiger partial charge in [-0.3, -0.25) is 0 Å². The maximum atomic E-state index is 13.6. The highest BCUT2D eigenvalue weighted by atomic mass is 35.5. The molecule has 0 spiro atoms. The quantitative estimate of drug-likeness (QED) is 0.745. The van der Waals surface area contributed by atoms with E-state index in [1.807, 2.05) is 48.5 Å². The van der Waals surface area contributed by atoms with E-state index < -0.39 is 20.5 Å². The number of urea groups is 1. The molecule has 0 unspecified atom stereocenters. The fraction of sp³-hybridized carbons (Fsp3) is 0.588. The summed E-state index contributed by atoms with van der Waals surface area (Å²) >= 11 is 5.92. The fourth-order valence-electron chi connectivity index (χ4n) is 2.36. The van der Waals surface area contributed by atoms with Crippen LogP contribution in [0.1, 0.15) is 48.5 Å². The minimum Gasteiger partial charge on any atom is -0.318 e. The van der Waals surface area contributed by atoms with Crippen molar-refractivity contribution >= 4 is 27.4 Å². The van der Waals surface area contributed by atoms with Crippen molar-refractivity contribution in [2.24, 2.45) is 4.36 Å². The molecule has 0 N–H and O–H groups in total. The van der Waals surface area contributed by atoms with Crippen LogP contribution in [0.4, 0.5) is 4.79 Å². The van der Waals surface area contributed by atoms with Crippen LogP contribution in [-0.2, 0) is 9.73 Å². The Balaban J connectivity index is 3.51. The first kappa shape index (κ1) is 20.0. The number of halogens is 1. The van der Waals surface area contributed by atoms with Gasteiger partial charge in [0.2, 0.25) is 0 Å². The summed E-state index contributed by atoms with van der Waals surface area (Å²) in [5.41, 5.74) is 0. The minimum atomic E-state index is -2.94. The van der Waals surface area contributed by atoms with Gasteiger partial charge >= 0.3 is 6.03 Å². The number of carbonyl (C=O) groups excluding carboxylic acids is 1. The molecule has 1 atom stereocenters. The summed E-state index contributed by atoms with van der Waals surface area (Å²) in [6.45, 7) is 13.2. The summed E-state index contributed by atoms with van der Waals surface area (Å²) in [7, 11) is -2.94. The second-order valence-corrected chi connectivity index (χ2v) is 10.4. The predicted octanol–water partition coefficient (Wildman–Crippen LogP) is 5.20. The monoisotopic (exact) mass is 358 g/mol. The summed E-state index contributed by atoms with van der Waals surface area (Å²) in [6.07, 6.45) is 0. The third-order valence-electron chi connectivity index (χ3n) is 3.50. The molecule has 0 saturated carbocycles. The Morgan fingerprint density at radius 1 is 1.09 bits per heavy atom. The molecule has 2 amide bonds. The maximum Gasteiger partial charge on any atom is 0.352 e. The van der Waals surface area contributed by atoms with Crippen molar-refractivity contribution in [2.75, 3.05) is 0 Å². The van der Waals surface area contributed by atoms with Gasteiger partial charge in [-0.15, -0.1) is 4.36 Å². The largest absolute Gasteiger partial charge is 0.352 e. The van der Waals surface area contributed by atoms with Crippen molar-refractivity contribution in [1.82, 2.24) is 4.90 Å². The third kappa shape index (κ3) is 4.48. The molecule has 0 aromatic heterocycles. The van der Waals surface area contributed by atoms with Gasteiger partial charge in [-0.2, -0.15) is 0 Å². The van der Waals surface area contributed by atoms with E-state index >= 15 is 0 Å². The van der Waals surface area contributed by atoms with Gasteiger partial charge in [0.25, 0.3) is 0 Å². The van der Waals surface area contributed by atoms with E-state index in [1.54, 1.807) is 29.2 Å². The van der Waals surface area contributed by atoms with Crippen LogP contribution < -0.4 is 0 Å². The second-order valence-electron chi connectivity index (χ2n) is 7.06. The number of benzene rings is 1. The van der Waals surface area contributed by atoms with Gasteiger partial charge in [0.1, 0.15) is 0 Å². The average molecular weight is 359 g/mol. The van der Waals surface area contributed by atoms with Crippen LogP contribution in [0.25, 0.3) is 0 Å². The molecular formula is C17H27ClN2O2S. The Labute approximate surface area is 145 Å². The molecule has 0 bridgehead atoms. The average Bonchev–Trinajstić information content (AvgIpc) is 2.36. The molecule has 0 aliphatic heterocycles. The van der Waals surface area contributed by atoms with Gasteiger partial charge in [0.05, 0.1) is 14.5 Å². The number of amides is 2. The summed E-state index contributed by atoms with van der Waals surface area (Å²) in [5.74, 6) is 0. The smallest absolute Gasteiger partial charge is 0.318 e. The fourth-order valence-corrected chi connectivity index (χ4v) is 4.39. The first-order chi connectivity index (χ1) is 10.4. The second kappa shape index (κ2) is 7.22. The molecule has 0 radical (unpaired) electrons. The number of hydrogen-bond acceptors (Lipinski definition) is 2. The van der Waals surface area contributed by atoms with Crippen LogP contribution in [0.15, 0.2) is 33.5 Å². The lowest BCUT2D eigenvalue weighted by Crippen LogP contribution is -2.41. The molecule has 0 aliphatic rings. The molecule has 23 heavy (non-hydrogen) atoms. The Morgan fingerprint density at radius 2 is 1.52 bits per heavy atom. The van der Waals surface area contributed by atoms with Crippen molar-refractivity contribution in [3.63, 3.8) is 0 Å². The summed E-state index contributed by atoms with van der Waals surface area (Å²) in [6, 6.07) is 6.24. The van der Waals surface area contributed by atoms with Crippen LogP contribution in [0.2, 0.25) is 5.02 Å². The molecular weight excluding hydrogens is 332 g/mol. The van der Waals surface area contributed by atoms with Crippen molar-refractivity contribution in [2.45, 2.75) is 70.2 Å². The molecule has 0 heterocycles. The van der Waals surface area contributed by atoms with Gasteiger partial charge in [-0.1, -0.05) is 11.6 Å². The lowest BCUT2D eigenvalue weighted by atomic mass is 10.2. The van der Waals surface area contributed by atoms with Crippen LogP contribution in [-0.4, -0.2) is 32.0 Å². The standard InChI is InChI=1S/C17H27ClN2O2S/c1-12(2)20(13(3)4)16(21)19-23(22,17(5,6)7)15-10-8-14(18)9-11-15/h8-13H,1-7H3/t23-/m0/s1. The minimum absolute atomic E-state index is 0.0138. The highest BCUT2D eigenvalue weighted by Crippen LogP contribution is 2.29. The van der Waals surface area contributed by atoms with Crippen molar-refractivity contribution in [3.8, 4) is 0 Å². The molecule has 130 valence electrons. The van der Waals surface area contributed by atoms with Crippen LogP contribution in [0, 0.1) is 0 Å². The van der Waals surface area contributed by atoms with Crippen LogP contribution in [0.3, 0.4) is 0 Å². The van der Waals surface area contributed by atoms with Crippen LogP contribution in [0.5, 0.6) is 0 Å². The van der Waals surface area contributed by atoms with Gasteiger partial charge < -0.3 is 4.90 Å². The molecule has 1 aromatic carbocycles. The molecule has 0 fully saturated rings. The van der Waals surface area contributed by atoms with Crippen LogP contribution >= 0.6 is 11.6 Å². The SMILES string of the molecule is CC(C)N(C(=O)N=[S@](=O)(c1ccc(Cl)cc1)C(C)(C)C)C(C)C. The first-order valence-electron chi connectivity index (χ1n) is 7.74. The predicted molar refractivity (Wildman–Crippen MR) is 97.5 cm³/mol. The van der Waals surface area contributed by atoms with Gasteiger partial charge in [0, 0.05) is 22.0 Å². The molecule has 0 aliphatic carbocycles. The Hall–Kier alpha value is -1.07. The third-order valence-corrected chi connectivity index (χ3v) is 6.74. The highest BCUT2D eigenvalue weighted by Gasteiger charge is 2.32. The van der Waals surface area contributed by atoms with Gasteiger partial charge in [-0.05, 0) is 72.7 Å². The molecule has 1 aromatic rings. The Bertz CT molecular complexity index is 659. The van der Waals surface area contributed by atoms with E-state index in [-0.39, 0.29) is 12.1 Å².